The standard InChI is InChI=1S/C15H17F2N3O3/c1-22-8-14-18-15(23-19-14)7-20-6-10(21)5-13(20)11-4-9(16)2-3-12(11)17/h2-4,10,13,21H,5-8H2,1H3/t10-,13+/m0/s1. The zero-order chi connectivity index (χ0) is 16.4. The molecule has 8 heteroatoms. The molecule has 0 saturated carbocycles. The van der Waals surface area contributed by atoms with E-state index in [4.69, 9.17) is 9.26 Å². The van der Waals surface area contributed by atoms with E-state index in [9.17, 15) is 13.9 Å². The van der Waals surface area contributed by atoms with Crippen molar-refractivity contribution in [3.63, 3.8) is 0 Å². The van der Waals surface area contributed by atoms with Crippen molar-refractivity contribution >= 4 is 0 Å². The minimum absolute atomic E-state index is 0.221. The van der Waals surface area contributed by atoms with E-state index >= 15 is 0 Å². The summed E-state index contributed by atoms with van der Waals surface area (Å²) in [6, 6.07) is 2.88. The van der Waals surface area contributed by atoms with Gasteiger partial charge in [-0.3, -0.25) is 4.90 Å². The summed E-state index contributed by atoms with van der Waals surface area (Å²) in [5.74, 6) is -0.257. The number of halogens is 2. The molecule has 1 aromatic carbocycles. The third-order valence-corrected chi connectivity index (χ3v) is 3.82. The second-order valence-corrected chi connectivity index (χ2v) is 5.54. The number of methoxy groups -OCH3 is 1. The Morgan fingerprint density at radius 1 is 1.43 bits per heavy atom. The van der Waals surface area contributed by atoms with Gasteiger partial charge in [0.25, 0.3) is 0 Å². The number of aromatic nitrogens is 2. The fraction of sp³-hybridized carbons (Fsp3) is 0.467. The molecule has 1 N–H and O–H groups in total. The normalized spacial score (nSPS) is 21.9. The van der Waals surface area contributed by atoms with Crippen LogP contribution in [0.1, 0.15) is 29.7 Å². The number of ether oxygens (including phenoxy) is 1. The molecule has 3 rings (SSSR count). The van der Waals surface area contributed by atoms with Gasteiger partial charge in [-0.2, -0.15) is 4.98 Å². The van der Waals surface area contributed by atoms with Crippen molar-refractivity contribution in [3.05, 3.63) is 47.1 Å². The molecule has 0 amide bonds. The number of hydrogen-bond donors (Lipinski definition) is 1. The topological polar surface area (TPSA) is 71.6 Å². The number of hydrogen-bond acceptors (Lipinski definition) is 6. The average molecular weight is 325 g/mol. The van der Waals surface area contributed by atoms with E-state index in [1.165, 1.54) is 7.11 Å². The van der Waals surface area contributed by atoms with Crippen LogP contribution in [0.5, 0.6) is 0 Å². The molecule has 2 heterocycles. The van der Waals surface area contributed by atoms with Gasteiger partial charge in [-0.25, -0.2) is 8.78 Å². The van der Waals surface area contributed by atoms with Crippen LogP contribution in [0.3, 0.4) is 0 Å². The molecule has 1 saturated heterocycles. The molecule has 2 atom stereocenters. The van der Waals surface area contributed by atoms with Crippen LogP contribution in [0.25, 0.3) is 0 Å². The van der Waals surface area contributed by atoms with E-state index in [0.717, 1.165) is 18.2 Å². The molecule has 2 aromatic rings. The maximum atomic E-state index is 14.0. The van der Waals surface area contributed by atoms with Crippen LogP contribution in [0.15, 0.2) is 22.7 Å². The summed E-state index contributed by atoms with van der Waals surface area (Å²) < 4.78 is 37.5. The van der Waals surface area contributed by atoms with Crippen LogP contribution in [0, 0.1) is 11.6 Å². The molecule has 1 aromatic heterocycles. The second kappa shape index (κ2) is 6.69. The van der Waals surface area contributed by atoms with Crippen molar-refractivity contribution in [2.75, 3.05) is 13.7 Å². The number of nitrogens with zero attached hydrogens (tertiary/aromatic N) is 3. The molecule has 0 radical (unpaired) electrons. The Kier molecular flexibility index (Phi) is 4.65. The van der Waals surface area contributed by atoms with E-state index in [2.05, 4.69) is 10.1 Å². The van der Waals surface area contributed by atoms with Crippen molar-refractivity contribution in [1.82, 2.24) is 15.0 Å². The quantitative estimate of drug-likeness (QED) is 0.904. The zero-order valence-electron chi connectivity index (χ0n) is 12.6. The van der Waals surface area contributed by atoms with E-state index in [-0.39, 0.29) is 18.7 Å². The zero-order valence-corrected chi connectivity index (χ0v) is 12.6. The van der Waals surface area contributed by atoms with E-state index < -0.39 is 23.8 Å². The maximum absolute atomic E-state index is 14.0. The summed E-state index contributed by atoms with van der Waals surface area (Å²) in [6.45, 7) is 0.797. The number of rotatable bonds is 5. The predicted molar refractivity (Wildman–Crippen MR) is 75.1 cm³/mol. The summed E-state index contributed by atoms with van der Waals surface area (Å²) in [4.78, 5) is 5.96. The SMILES string of the molecule is COCc1noc(CN2C[C@@H](O)C[C@@H]2c2cc(F)ccc2F)n1. The van der Waals surface area contributed by atoms with Crippen molar-refractivity contribution in [3.8, 4) is 0 Å². The molecular weight excluding hydrogens is 308 g/mol. The molecule has 6 nitrogen and oxygen atoms in total. The van der Waals surface area contributed by atoms with Crippen LogP contribution in [-0.2, 0) is 17.9 Å². The summed E-state index contributed by atoms with van der Waals surface area (Å²) in [7, 11) is 1.52. The second-order valence-electron chi connectivity index (χ2n) is 5.54. The van der Waals surface area contributed by atoms with E-state index in [1.807, 2.05) is 0 Å². The van der Waals surface area contributed by atoms with Crippen LogP contribution < -0.4 is 0 Å². The molecule has 23 heavy (non-hydrogen) atoms. The molecule has 124 valence electrons. The van der Waals surface area contributed by atoms with Crippen molar-refractivity contribution in [1.29, 1.82) is 0 Å². The molecule has 0 bridgehead atoms. The maximum Gasteiger partial charge on any atom is 0.240 e. The average Bonchev–Trinajstić information content (AvgIpc) is 3.09. The van der Waals surface area contributed by atoms with Gasteiger partial charge in [0.1, 0.15) is 18.2 Å². The van der Waals surface area contributed by atoms with Crippen molar-refractivity contribution < 1.29 is 23.1 Å². The van der Waals surface area contributed by atoms with Crippen molar-refractivity contribution in [2.24, 2.45) is 0 Å². The molecule has 1 aliphatic heterocycles. The first kappa shape index (κ1) is 16.0. The van der Waals surface area contributed by atoms with Gasteiger partial charge in [-0.15, -0.1) is 0 Å². The summed E-state index contributed by atoms with van der Waals surface area (Å²) in [6.07, 6.45) is -0.302. The van der Waals surface area contributed by atoms with Gasteiger partial charge in [0, 0.05) is 25.3 Å². The lowest BCUT2D eigenvalue weighted by Gasteiger charge is -2.23. The lowest BCUT2D eigenvalue weighted by molar-refractivity contribution is 0.163. The minimum atomic E-state index is -0.621. The fourth-order valence-corrected chi connectivity index (χ4v) is 2.86. The predicted octanol–water partition coefficient (Wildman–Crippen LogP) is 1.80. The molecule has 0 spiro atoms. The highest BCUT2D eigenvalue weighted by molar-refractivity contribution is 5.24. The summed E-state index contributed by atoms with van der Waals surface area (Å²) >= 11 is 0. The number of β-amino-alcohol motifs (C(OH)–C–C–N with tert-alkyl or cyclic N) is 1. The Labute approximate surface area is 131 Å². The highest BCUT2D eigenvalue weighted by atomic mass is 19.1. The Hall–Kier alpha value is -1.90. The van der Waals surface area contributed by atoms with E-state index in [1.54, 1.807) is 4.90 Å². The minimum Gasteiger partial charge on any atom is -0.392 e. The van der Waals surface area contributed by atoms with Gasteiger partial charge in [0.05, 0.1) is 12.6 Å². The van der Waals surface area contributed by atoms with E-state index in [0.29, 0.717) is 24.7 Å². The van der Waals surface area contributed by atoms with Crippen LogP contribution in [0.2, 0.25) is 0 Å². The first-order valence-electron chi connectivity index (χ1n) is 7.24. The highest BCUT2D eigenvalue weighted by Crippen LogP contribution is 2.34. The molecule has 0 unspecified atom stereocenters. The van der Waals surface area contributed by atoms with Gasteiger partial charge in [-0.1, -0.05) is 5.16 Å². The lowest BCUT2D eigenvalue weighted by atomic mass is 10.0. The summed E-state index contributed by atoms with van der Waals surface area (Å²) in [5.41, 5.74) is 0.221. The molecule has 1 aliphatic rings. The van der Waals surface area contributed by atoms with Crippen LogP contribution >= 0.6 is 0 Å². The summed E-state index contributed by atoms with van der Waals surface area (Å²) in [5, 5.41) is 13.7. The third-order valence-electron chi connectivity index (χ3n) is 3.82. The Balaban J connectivity index is 1.80. The Morgan fingerprint density at radius 2 is 2.26 bits per heavy atom. The molecule has 0 aliphatic carbocycles. The molecule has 1 fully saturated rings. The molecular formula is C15H17F2N3O3. The fourth-order valence-electron chi connectivity index (χ4n) is 2.86. The van der Waals surface area contributed by atoms with Gasteiger partial charge < -0.3 is 14.4 Å². The largest absolute Gasteiger partial charge is 0.392 e. The van der Waals surface area contributed by atoms with Gasteiger partial charge in [0.2, 0.25) is 5.89 Å². The highest BCUT2D eigenvalue weighted by Gasteiger charge is 2.34. The number of aliphatic hydroxyl groups excluding tert-OH is 1. The number of aliphatic hydroxyl groups is 1. The smallest absolute Gasteiger partial charge is 0.240 e. The van der Waals surface area contributed by atoms with Gasteiger partial charge in [0.15, 0.2) is 5.82 Å². The van der Waals surface area contributed by atoms with Crippen LogP contribution in [0.4, 0.5) is 8.78 Å². The van der Waals surface area contributed by atoms with Gasteiger partial charge in [-0.05, 0) is 24.6 Å². The van der Waals surface area contributed by atoms with Crippen molar-refractivity contribution in [2.45, 2.75) is 31.7 Å². The Morgan fingerprint density at radius 3 is 3.04 bits per heavy atom. The first-order valence-corrected chi connectivity index (χ1v) is 7.24. The van der Waals surface area contributed by atoms with Crippen LogP contribution in [-0.4, -0.2) is 39.9 Å². The van der Waals surface area contributed by atoms with Gasteiger partial charge >= 0.3 is 0 Å². The first-order chi connectivity index (χ1) is 11.1. The number of likely N-dealkylation sites (tertiary alicyclic amines) is 1. The number of benzene rings is 1. The Bertz CT molecular complexity index is 680. The third kappa shape index (κ3) is 3.54. The monoisotopic (exact) mass is 325 g/mol. The lowest BCUT2D eigenvalue weighted by Crippen LogP contribution is -2.25.